The van der Waals surface area contributed by atoms with Gasteiger partial charge in [-0.25, -0.2) is 0 Å². The molecule has 2 saturated carbocycles. The minimum Gasteiger partial charge on any atom is -0.480 e. The minimum absolute atomic E-state index is 0.348. The van der Waals surface area contributed by atoms with Gasteiger partial charge in [-0.2, -0.15) is 11.8 Å². The Balaban J connectivity index is 1.90. The highest BCUT2D eigenvalue weighted by Crippen LogP contribution is 2.43. The van der Waals surface area contributed by atoms with Gasteiger partial charge in [-0.1, -0.05) is 19.3 Å². The molecule has 2 rings (SSSR count). The second-order valence-corrected chi connectivity index (χ2v) is 6.66. The minimum atomic E-state index is -0.665. The molecule has 2 fully saturated rings. The van der Waals surface area contributed by atoms with Crippen LogP contribution in [0.4, 0.5) is 0 Å². The number of likely N-dealkylation sites (N-methyl/N-ethyl adjacent to an activating group) is 1. The van der Waals surface area contributed by atoms with Crippen LogP contribution >= 0.6 is 11.8 Å². The molecule has 17 heavy (non-hydrogen) atoms. The summed E-state index contributed by atoms with van der Waals surface area (Å²) in [6.45, 7) is 0. The molecule has 1 atom stereocenters. The maximum Gasteiger partial charge on any atom is 0.325 e. The summed E-state index contributed by atoms with van der Waals surface area (Å²) >= 11 is 1.88. The first-order chi connectivity index (χ1) is 8.19. The molecular formula is C13H23NO2S. The highest BCUT2D eigenvalue weighted by Gasteiger charge is 2.50. The first-order valence-electron chi connectivity index (χ1n) is 6.73. The van der Waals surface area contributed by atoms with Crippen LogP contribution in [0.3, 0.4) is 0 Å². The zero-order valence-electron chi connectivity index (χ0n) is 10.6. The van der Waals surface area contributed by atoms with Gasteiger partial charge in [0.15, 0.2) is 0 Å². The molecule has 0 aromatic rings. The van der Waals surface area contributed by atoms with Crippen molar-refractivity contribution in [3.8, 4) is 0 Å². The highest BCUT2D eigenvalue weighted by molar-refractivity contribution is 8.00. The van der Waals surface area contributed by atoms with E-state index < -0.39 is 11.5 Å². The summed E-state index contributed by atoms with van der Waals surface area (Å²) in [7, 11) is 1.80. The number of aliphatic carboxylic acids is 1. The Morgan fingerprint density at radius 3 is 2.41 bits per heavy atom. The molecule has 2 N–H and O–H groups in total. The number of hydrogen-bond donors (Lipinski definition) is 2. The fraction of sp³-hybridized carbons (Fsp3) is 0.923. The molecule has 98 valence electrons. The summed E-state index contributed by atoms with van der Waals surface area (Å²) in [6.07, 6.45) is 8.68. The maximum atomic E-state index is 11.5. The molecule has 4 heteroatoms. The number of nitrogens with one attached hydrogen (secondary N) is 1. The normalized spacial score (nSPS) is 25.5. The summed E-state index contributed by atoms with van der Waals surface area (Å²) in [6, 6.07) is 0. The molecule has 0 aromatic heterocycles. The Hall–Kier alpha value is -0.220. The summed E-state index contributed by atoms with van der Waals surface area (Å²) in [5.41, 5.74) is -0.665. The van der Waals surface area contributed by atoms with Crippen molar-refractivity contribution < 1.29 is 9.90 Å². The van der Waals surface area contributed by atoms with Crippen molar-refractivity contribution in [1.29, 1.82) is 0 Å². The second kappa shape index (κ2) is 5.61. The molecule has 0 saturated heterocycles. The van der Waals surface area contributed by atoms with Gasteiger partial charge < -0.3 is 10.4 Å². The lowest BCUT2D eigenvalue weighted by Gasteiger charge is -2.31. The standard InChI is InChI=1S/C13H23NO2S/c1-14-13(12(15)16,10-7-8-10)9-17-11-5-3-2-4-6-11/h10-11,14H,2-9H2,1H3,(H,15,16). The van der Waals surface area contributed by atoms with Crippen molar-refractivity contribution in [2.24, 2.45) is 5.92 Å². The van der Waals surface area contributed by atoms with E-state index in [-0.39, 0.29) is 0 Å². The third-order valence-electron chi connectivity index (χ3n) is 4.20. The van der Waals surface area contributed by atoms with Gasteiger partial charge in [-0.15, -0.1) is 0 Å². The van der Waals surface area contributed by atoms with Crippen molar-refractivity contribution in [2.75, 3.05) is 12.8 Å². The molecule has 1 unspecified atom stereocenters. The van der Waals surface area contributed by atoms with Crippen LogP contribution < -0.4 is 5.32 Å². The molecular weight excluding hydrogens is 234 g/mol. The summed E-state index contributed by atoms with van der Waals surface area (Å²) in [5, 5.41) is 13.3. The van der Waals surface area contributed by atoms with E-state index in [2.05, 4.69) is 5.32 Å². The molecule has 2 aliphatic rings. The van der Waals surface area contributed by atoms with Gasteiger partial charge in [0.1, 0.15) is 5.54 Å². The quantitative estimate of drug-likeness (QED) is 0.767. The van der Waals surface area contributed by atoms with Crippen LogP contribution in [0.25, 0.3) is 0 Å². The average Bonchev–Trinajstić information content (AvgIpc) is 3.16. The topological polar surface area (TPSA) is 49.3 Å². The highest BCUT2D eigenvalue weighted by atomic mass is 32.2. The molecule has 0 spiro atoms. The van der Waals surface area contributed by atoms with Gasteiger partial charge in [0.25, 0.3) is 0 Å². The van der Waals surface area contributed by atoms with Crippen molar-refractivity contribution in [1.82, 2.24) is 5.32 Å². The molecule has 0 aromatic carbocycles. The summed E-state index contributed by atoms with van der Waals surface area (Å²) in [5.74, 6) is 0.417. The molecule has 0 heterocycles. The van der Waals surface area contributed by atoms with Crippen molar-refractivity contribution >= 4 is 17.7 Å². The third kappa shape index (κ3) is 2.97. The number of carboxylic acids is 1. The molecule has 2 aliphatic carbocycles. The molecule has 0 bridgehead atoms. The number of rotatable bonds is 6. The van der Waals surface area contributed by atoms with Crippen LogP contribution in [0.1, 0.15) is 44.9 Å². The smallest absolute Gasteiger partial charge is 0.325 e. The van der Waals surface area contributed by atoms with Crippen LogP contribution in [0.2, 0.25) is 0 Å². The fourth-order valence-electron chi connectivity index (χ4n) is 2.79. The Bertz CT molecular complexity index is 275. The van der Waals surface area contributed by atoms with Crippen molar-refractivity contribution in [3.05, 3.63) is 0 Å². The lowest BCUT2D eigenvalue weighted by molar-refractivity contribution is -0.144. The Labute approximate surface area is 108 Å². The number of carboxylic acid groups (broad SMARTS) is 1. The van der Waals surface area contributed by atoms with Gasteiger partial charge in [-0.3, -0.25) is 4.79 Å². The van der Waals surface area contributed by atoms with E-state index in [9.17, 15) is 9.90 Å². The Kier molecular flexibility index (Phi) is 4.36. The summed E-state index contributed by atoms with van der Waals surface area (Å²) in [4.78, 5) is 11.5. The zero-order valence-corrected chi connectivity index (χ0v) is 11.4. The van der Waals surface area contributed by atoms with E-state index in [0.717, 1.165) is 18.6 Å². The lowest BCUT2D eigenvalue weighted by atomic mass is 9.96. The van der Waals surface area contributed by atoms with Crippen molar-refractivity contribution in [2.45, 2.75) is 55.7 Å². The predicted molar refractivity (Wildman–Crippen MR) is 71.5 cm³/mol. The van der Waals surface area contributed by atoms with Gasteiger partial charge in [-0.05, 0) is 38.6 Å². The fourth-order valence-corrected chi connectivity index (χ4v) is 4.46. The van der Waals surface area contributed by atoms with Crippen LogP contribution in [0, 0.1) is 5.92 Å². The zero-order chi connectivity index (χ0) is 12.3. The molecule has 0 radical (unpaired) electrons. The SMILES string of the molecule is CNC(CSC1CCCCC1)(C(=O)O)C1CC1. The van der Waals surface area contributed by atoms with E-state index >= 15 is 0 Å². The van der Waals surface area contributed by atoms with Crippen LogP contribution in [-0.4, -0.2) is 34.7 Å². The molecule has 3 nitrogen and oxygen atoms in total. The number of thioether (sulfide) groups is 1. The predicted octanol–water partition coefficient (Wildman–Crippen LogP) is 2.51. The first-order valence-corrected chi connectivity index (χ1v) is 7.78. The van der Waals surface area contributed by atoms with E-state index in [1.165, 1.54) is 32.1 Å². The average molecular weight is 257 g/mol. The van der Waals surface area contributed by atoms with E-state index in [0.29, 0.717) is 11.2 Å². The number of hydrogen-bond acceptors (Lipinski definition) is 3. The van der Waals surface area contributed by atoms with Crippen molar-refractivity contribution in [3.63, 3.8) is 0 Å². The Morgan fingerprint density at radius 1 is 1.29 bits per heavy atom. The van der Waals surface area contributed by atoms with Crippen LogP contribution in [0.5, 0.6) is 0 Å². The van der Waals surface area contributed by atoms with Crippen LogP contribution in [0.15, 0.2) is 0 Å². The van der Waals surface area contributed by atoms with E-state index in [4.69, 9.17) is 0 Å². The molecule has 0 amide bonds. The van der Waals surface area contributed by atoms with Gasteiger partial charge >= 0.3 is 5.97 Å². The van der Waals surface area contributed by atoms with Gasteiger partial charge in [0.05, 0.1) is 0 Å². The maximum absolute atomic E-state index is 11.5. The third-order valence-corrected chi connectivity index (χ3v) is 5.77. The Morgan fingerprint density at radius 2 is 1.94 bits per heavy atom. The van der Waals surface area contributed by atoms with Gasteiger partial charge in [0, 0.05) is 11.0 Å². The first kappa shape index (κ1) is 13.2. The number of carbonyl (C=O) groups is 1. The monoisotopic (exact) mass is 257 g/mol. The largest absolute Gasteiger partial charge is 0.480 e. The van der Waals surface area contributed by atoms with Gasteiger partial charge in [0.2, 0.25) is 0 Å². The van der Waals surface area contributed by atoms with E-state index in [1.54, 1.807) is 7.05 Å². The lowest BCUT2D eigenvalue weighted by Crippen LogP contribution is -2.55. The molecule has 0 aliphatic heterocycles. The summed E-state index contributed by atoms with van der Waals surface area (Å²) < 4.78 is 0. The second-order valence-electron chi connectivity index (χ2n) is 5.37. The van der Waals surface area contributed by atoms with Crippen LogP contribution in [-0.2, 0) is 4.79 Å². The van der Waals surface area contributed by atoms with E-state index in [1.807, 2.05) is 11.8 Å².